The third-order valence-electron chi connectivity index (χ3n) is 5.73. The second-order valence-corrected chi connectivity index (χ2v) is 8.83. The molecular formula is C25H32N4O3. The molecule has 1 fully saturated rings. The van der Waals surface area contributed by atoms with Gasteiger partial charge in [-0.15, -0.1) is 0 Å². The van der Waals surface area contributed by atoms with E-state index in [2.05, 4.69) is 41.2 Å². The van der Waals surface area contributed by atoms with Crippen LogP contribution in [0.15, 0.2) is 36.5 Å². The molecule has 0 spiro atoms. The van der Waals surface area contributed by atoms with Crippen molar-refractivity contribution < 1.29 is 14.6 Å². The highest BCUT2D eigenvalue weighted by atomic mass is 16.5. The molecule has 0 aliphatic carbocycles. The van der Waals surface area contributed by atoms with Crippen molar-refractivity contribution in [3.8, 4) is 6.07 Å². The summed E-state index contributed by atoms with van der Waals surface area (Å²) < 4.78 is 5.59. The Bertz CT molecular complexity index is 947. The van der Waals surface area contributed by atoms with Gasteiger partial charge < -0.3 is 20.1 Å². The van der Waals surface area contributed by atoms with Crippen molar-refractivity contribution in [2.45, 2.75) is 52.0 Å². The van der Waals surface area contributed by atoms with Gasteiger partial charge in [-0.3, -0.25) is 4.79 Å². The van der Waals surface area contributed by atoms with Gasteiger partial charge in [-0.2, -0.15) is 5.26 Å². The number of carboxylic acids is 1. The van der Waals surface area contributed by atoms with E-state index in [0.717, 1.165) is 49.5 Å². The number of hydrogen-bond donors (Lipinski definition) is 2. The number of rotatable bonds is 9. The van der Waals surface area contributed by atoms with Gasteiger partial charge in [0, 0.05) is 32.0 Å². The van der Waals surface area contributed by atoms with Crippen LogP contribution < -0.4 is 10.2 Å². The van der Waals surface area contributed by atoms with Gasteiger partial charge in [0.15, 0.2) is 0 Å². The van der Waals surface area contributed by atoms with Gasteiger partial charge in [0.25, 0.3) is 0 Å². The number of ether oxygens (including phenoxy) is 1. The minimum Gasteiger partial charge on any atom is -0.481 e. The van der Waals surface area contributed by atoms with Crippen LogP contribution in [0.4, 0.5) is 17.2 Å². The predicted molar refractivity (Wildman–Crippen MR) is 125 cm³/mol. The normalized spacial score (nSPS) is 15.2. The number of nitriles is 1. The lowest BCUT2D eigenvalue weighted by Gasteiger charge is -2.38. The first-order chi connectivity index (χ1) is 15.4. The summed E-state index contributed by atoms with van der Waals surface area (Å²) in [6.07, 6.45) is 3.56. The summed E-state index contributed by atoms with van der Waals surface area (Å²) in [5.41, 5.74) is 3.43. The quantitative estimate of drug-likeness (QED) is 0.576. The summed E-state index contributed by atoms with van der Waals surface area (Å²) in [7, 11) is 0. The lowest BCUT2D eigenvalue weighted by atomic mass is 9.95. The van der Waals surface area contributed by atoms with Crippen LogP contribution in [-0.4, -0.2) is 41.9 Å². The van der Waals surface area contributed by atoms with E-state index in [1.807, 2.05) is 19.1 Å². The molecule has 0 amide bonds. The highest BCUT2D eigenvalue weighted by Gasteiger charge is 2.25. The summed E-state index contributed by atoms with van der Waals surface area (Å²) >= 11 is 0. The second-order valence-electron chi connectivity index (χ2n) is 8.83. The SMILES string of the molecule is CC(C)CN(c1ccc([C@H](C)CC(=O)O)cc1Nc1ccc(C#N)cn1)C1CCOCC1. The molecule has 1 aliphatic heterocycles. The monoisotopic (exact) mass is 436 g/mol. The van der Waals surface area contributed by atoms with E-state index in [4.69, 9.17) is 10.00 Å². The lowest BCUT2D eigenvalue weighted by molar-refractivity contribution is -0.137. The molecule has 1 atom stereocenters. The lowest BCUT2D eigenvalue weighted by Crippen LogP contribution is -2.42. The first-order valence-corrected chi connectivity index (χ1v) is 11.2. The zero-order valence-corrected chi connectivity index (χ0v) is 19.0. The maximum atomic E-state index is 11.3. The number of aliphatic carboxylic acids is 1. The van der Waals surface area contributed by atoms with Gasteiger partial charge in [-0.25, -0.2) is 4.98 Å². The average Bonchev–Trinajstić information content (AvgIpc) is 2.78. The Hall–Kier alpha value is -3.11. The summed E-state index contributed by atoms with van der Waals surface area (Å²) in [5.74, 6) is 0.195. The molecule has 1 saturated heterocycles. The number of hydrogen-bond acceptors (Lipinski definition) is 6. The van der Waals surface area contributed by atoms with E-state index < -0.39 is 5.97 Å². The molecule has 7 nitrogen and oxygen atoms in total. The smallest absolute Gasteiger partial charge is 0.303 e. The molecule has 2 aromatic rings. The van der Waals surface area contributed by atoms with Crippen molar-refractivity contribution in [1.82, 2.24) is 4.98 Å². The first-order valence-electron chi connectivity index (χ1n) is 11.2. The molecule has 2 N–H and O–H groups in total. The van der Waals surface area contributed by atoms with E-state index in [0.29, 0.717) is 23.3 Å². The number of carboxylic acid groups (broad SMARTS) is 1. The zero-order chi connectivity index (χ0) is 23.1. The van der Waals surface area contributed by atoms with Crippen molar-refractivity contribution in [2.24, 2.45) is 5.92 Å². The summed E-state index contributed by atoms with van der Waals surface area (Å²) in [4.78, 5) is 18.1. The van der Waals surface area contributed by atoms with Crippen LogP contribution in [-0.2, 0) is 9.53 Å². The highest BCUT2D eigenvalue weighted by molar-refractivity contribution is 5.76. The van der Waals surface area contributed by atoms with Crippen molar-refractivity contribution in [3.05, 3.63) is 47.7 Å². The topological polar surface area (TPSA) is 98.5 Å². The fraction of sp³-hybridized carbons (Fsp3) is 0.480. The number of benzene rings is 1. The number of carbonyl (C=O) groups is 1. The molecule has 0 radical (unpaired) electrons. The van der Waals surface area contributed by atoms with Gasteiger partial charge in [-0.05, 0) is 54.5 Å². The maximum Gasteiger partial charge on any atom is 0.303 e. The molecule has 0 unspecified atom stereocenters. The van der Waals surface area contributed by atoms with E-state index in [-0.39, 0.29) is 12.3 Å². The van der Waals surface area contributed by atoms with E-state index in [1.165, 1.54) is 0 Å². The van der Waals surface area contributed by atoms with Gasteiger partial charge in [0.1, 0.15) is 11.9 Å². The Morgan fingerprint density at radius 1 is 1.28 bits per heavy atom. The third-order valence-corrected chi connectivity index (χ3v) is 5.73. The Labute approximate surface area is 190 Å². The number of pyridine rings is 1. The Balaban J connectivity index is 2.00. The zero-order valence-electron chi connectivity index (χ0n) is 19.0. The summed E-state index contributed by atoms with van der Waals surface area (Å²) in [6.45, 7) is 8.77. The van der Waals surface area contributed by atoms with E-state index in [1.54, 1.807) is 18.3 Å². The van der Waals surface area contributed by atoms with Crippen LogP contribution in [0.1, 0.15) is 57.1 Å². The average molecular weight is 437 g/mol. The van der Waals surface area contributed by atoms with Crippen LogP contribution in [0.25, 0.3) is 0 Å². The molecule has 7 heteroatoms. The van der Waals surface area contributed by atoms with Crippen molar-refractivity contribution in [3.63, 3.8) is 0 Å². The van der Waals surface area contributed by atoms with Crippen molar-refractivity contribution in [2.75, 3.05) is 30.0 Å². The molecule has 1 aliphatic rings. The van der Waals surface area contributed by atoms with Gasteiger partial charge in [0.05, 0.1) is 23.4 Å². The summed E-state index contributed by atoms with van der Waals surface area (Å²) in [5, 5.41) is 21.7. The number of anilines is 3. The van der Waals surface area contributed by atoms with Crippen LogP contribution in [0, 0.1) is 17.2 Å². The second kappa shape index (κ2) is 11.0. The van der Waals surface area contributed by atoms with Crippen LogP contribution in [0.3, 0.4) is 0 Å². The third kappa shape index (κ3) is 6.21. The summed E-state index contributed by atoms with van der Waals surface area (Å²) in [6, 6.07) is 12.2. The van der Waals surface area contributed by atoms with Crippen molar-refractivity contribution in [1.29, 1.82) is 5.26 Å². The Kier molecular flexibility index (Phi) is 8.07. The fourth-order valence-electron chi connectivity index (χ4n) is 4.10. The molecule has 1 aromatic carbocycles. The van der Waals surface area contributed by atoms with Crippen molar-refractivity contribution >= 4 is 23.2 Å². The number of nitrogens with one attached hydrogen (secondary N) is 1. The van der Waals surface area contributed by atoms with Gasteiger partial charge in [-0.1, -0.05) is 26.8 Å². The molecule has 3 rings (SSSR count). The first kappa shape index (κ1) is 23.6. The van der Waals surface area contributed by atoms with Gasteiger partial charge >= 0.3 is 5.97 Å². The fourth-order valence-corrected chi connectivity index (χ4v) is 4.10. The molecule has 0 bridgehead atoms. The molecule has 32 heavy (non-hydrogen) atoms. The van der Waals surface area contributed by atoms with Crippen LogP contribution in [0.2, 0.25) is 0 Å². The molecular weight excluding hydrogens is 404 g/mol. The van der Waals surface area contributed by atoms with E-state index >= 15 is 0 Å². The largest absolute Gasteiger partial charge is 0.481 e. The highest BCUT2D eigenvalue weighted by Crippen LogP contribution is 2.36. The maximum absolute atomic E-state index is 11.3. The van der Waals surface area contributed by atoms with Crippen LogP contribution >= 0.6 is 0 Å². The van der Waals surface area contributed by atoms with Gasteiger partial charge in [0.2, 0.25) is 0 Å². The standard InChI is InChI=1S/C25H32N4O3/c1-17(2)16-29(21-8-10-32-11-9-21)23-6-5-20(18(3)12-25(30)31)13-22(23)28-24-7-4-19(14-26)15-27-24/h4-7,13,15,17-18,21H,8-12,16H2,1-3H3,(H,27,28)(H,30,31)/t18-/m1/s1. The molecule has 0 saturated carbocycles. The Morgan fingerprint density at radius 3 is 2.62 bits per heavy atom. The number of aromatic nitrogens is 1. The minimum atomic E-state index is -0.812. The van der Waals surface area contributed by atoms with Crippen LogP contribution in [0.5, 0.6) is 0 Å². The molecule has 170 valence electrons. The minimum absolute atomic E-state index is 0.0730. The molecule has 1 aromatic heterocycles. The number of nitrogens with zero attached hydrogens (tertiary/aromatic N) is 3. The molecule has 2 heterocycles. The van der Waals surface area contributed by atoms with E-state index in [9.17, 15) is 9.90 Å². The predicted octanol–water partition coefficient (Wildman–Crippen LogP) is 4.92. The Morgan fingerprint density at radius 2 is 2.03 bits per heavy atom.